The van der Waals surface area contributed by atoms with Crippen molar-refractivity contribution in [1.29, 1.82) is 0 Å². The summed E-state index contributed by atoms with van der Waals surface area (Å²) < 4.78 is 52.4. The van der Waals surface area contributed by atoms with Gasteiger partial charge in [-0.15, -0.1) is 0 Å². The van der Waals surface area contributed by atoms with Crippen molar-refractivity contribution in [3.05, 3.63) is 29.6 Å². The first kappa shape index (κ1) is 20.6. The third kappa shape index (κ3) is 4.57. The molecule has 4 aliphatic rings. The lowest BCUT2D eigenvalue weighted by Crippen LogP contribution is -2.50. The van der Waals surface area contributed by atoms with E-state index in [9.17, 15) is 17.6 Å². The largest absolute Gasteiger partial charge is 0.480 e. The van der Waals surface area contributed by atoms with Crippen molar-refractivity contribution in [3.8, 4) is 5.75 Å². The average molecular weight is 427 g/mol. The van der Waals surface area contributed by atoms with Gasteiger partial charge in [-0.1, -0.05) is 12.1 Å². The molecule has 1 aromatic rings. The van der Waals surface area contributed by atoms with E-state index in [2.05, 4.69) is 4.72 Å². The van der Waals surface area contributed by atoms with Crippen LogP contribution in [0.4, 0.5) is 4.39 Å². The summed E-state index contributed by atoms with van der Waals surface area (Å²) in [6.07, 6.45) is 5.07. The zero-order chi connectivity index (χ0) is 20.6. The fraction of sp³-hybridized carbons (Fsp3) is 0.650. The number of para-hydroxylation sites is 1. The molecule has 3 aliphatic heterocycles. The quantitative estimate of drug-likeness (QED) is 0.779. The molecule has 7 nitrogen and oxygen atoms in total. The number of benzene rings is 1. The lowest BCUT2D eigenvalue weighted by Gasteiger charge is -2.32. The van der Waals surface area contributed by atoms with Crippen molar-refractivity contribution in [1.82, 2.24) is 9.62 Å². The van der Waals surface area contributed by atoms with Crippen LogP contribution in [0.2, 0.25) is 0 Å². The number of halogens is 1. The number of amides is 1. The summed E-state index contributed by atoms with van der Waals surface area (Å²) in [7, 11) is -3.41. The maximum absolute atomic E-state index is 14.5. The lowest BCUT2D eigenvalue weighted by molar-refractivity contribution is -0.136. The fourth-order valence-electron chi connectivity index (χ4n) is 4.77. The van der Waals surface area contributed by atoms with Gasteiger partial charge in [-0.25, -0.2) is 17.5 Å². The number of ether oxygens (including phenoxy) is 2. The van der Waals surface area contributed by atoms with Gasteiger partial charge in [0, 0.05) is 18.2 Å². The SMILES string of the molecule is CS(=O)(=O)N[C@H]1CCN2C(=O)COc3c(F)cccc3[C@H]3CC[C@H](CC3)OCC12. The maximum atomic E-state index is 14.5. The normalized spacial score (nSPS) is 30.6. The van der Waals surface area contributed by atoms with Gasteiger partial charge < -0.3 is 14.4 Å². The highest BCUT2D eigenvalue weighted by molar-refractivity contribution is 7.88. The van der Waals surface area contributed by atoms with Crippen LogP contribution in [0.1, 0.15) is 43.6 Å². The molecule has 0 radical (unpaired) electrons. The van der Waals surface area contributed by atoms with Crippen molar-refractivity contribution < 1.29 is 27.1 Å². The summed E-state index contributed by atoms with van der Waals surface area (Å²) in [5.74, 6) is -0.419. The Labute approximate surface area is 170 Å². The number of nitrogens with one attached hydrogen (secondary N) is 1. The summed E-state index contributed by atoms with van der Waals surface area (Å²) in [5, 5.41) is 0. The minimum Gasteiger partial charge on any atom is -0.480 e. The third-order valence-corrected chi connectivity index (χ3v) is 6.92. The molecule has 0 spiro atoms. The van der Waals surface area contributed by atoms with Crippen LogP contribution in [-0.4, -0.2) is 63.4 Å². The fourth-order valence-corrected chi connectivity index (χ4v) is 5.60. The summed E-state index contributed by atoms with van der Waals surface area (Å²) in [5.41, 5.74) is 0.810. The molecule has 1 N–H and O–H groups in total. The molecule has 1 unspecified atom stereocenters. The number of hydrogen-bond acceptors (Lipinski definition) is 5. The number of fused-ring (bicyclic) bond motifs is 5. The predicted molar refractivity (Wildman–Crippen MR) is 105 cm³/mol. The van der Waals surface area contributed by atoms with E-state index in [0.717, 1.165) is 37.5 Å². The lowest BCUT2D eigenvalue weighted by atomic mass is 9.82. The molecule has 2 fully saturated rings. The smallest absolute Gasteiger partial charge is 0.260 e. The standard InChI is InChI=1S/C20H27FN2O5S/c1-29(25,26)22-17-9-10-23-18(17)11-27-14-7-5-13(6-8-14)15-3-2-4-16(21)20(15)28-12-19(23)24/h2-4,13-14,17-18,22H,5-12H2,1H3/t13-,14+,17-,18?/m0/s1. The molecule has 9 heteroatoms. The predicted octanol–water partition coefficient (Wildman–Crippen LogP) is 1.78. The van der Waals surface area contributed by atoms with Crippen LogP contribution < -0.4 is 9.46 Å². The van der Waals surface area contributed by atoms with Gasteiger partial charge in [0.1, 0.15) is 0 Å². The zero-order valence-electron chi connectivity index (χ0n) is 16.5. The Morgan fingerprint density at radius 1 is 1.17 bits per heavy atom. The van der Waals surface area contributed by atoms with E-state index in [1.807, 2.05) is 6.07 Å². The van der Waals surface area contributed by atoms with E-state index in [1.54, 1.807) is 11.0 Å². The molecule has 29 heavy (non-hydrogen) atoms. The first-order valence-electron chi connectivity index (χ1n) is 10.1. The second kappa shape index (κ2) is 8.20. The molecule has 1 saturated heterocycles. The van der Waals surface area contributed by atoms with E-state index < -0.39 is 27.9 Å². The van der Waals surface area contributed by atoms with Crippen LogP contribution in [0.5, 0.6) is 5.75 Å². The molecule has 2 bridgehead atoms. The molecule has 3 heterocycles. The highest BCUT2D eigenvalue weighted by Crippen LogP contribution is 2.40. The Bertz CT molecular complexity index is 870. The van der Waals surface area contributed by atoms with Crippen LogP contribution in [0, 0.1) is 5.82 Å². The van der Waals surface area contributed by atoms with Crippen molar-refractivity contribution >= 4 is 15.9 Å². The molecule has 160 valence electrons. The van der Waals surface area contributed by atoms with Crippen LogP contribution in [0.25, 0.3) is 0 Å². The first-order chi connectivity index (χ1) is 13.8. The summed E-state index contributed by atoms with van der Waals surface area (Å²) >= 11 is 0. The molecule has 1 aliphatic carbocycles. The van der Waals surface area contributed by atoms with Gasteiger partial charge in [0.15, 0.2) is 18.2 Å². The topological polar surface area (TPSA) is 84.9 Å². The molecular formula is C20H27FN2O5S. The minimum atomic E-state index is -3.41. The Balaban J connectivity index is 1.62. The summed E-state index contributed by atoms with van der Waals surface area (Å²) in [4.78, 5) is 14.5. The van der Waals surface area contributed by atoms with Crippen molar-refractivity contribution in [2.45, 2.75) is 56.2 Å². The van der Waals surface area contributed by atoms with E-state index >= 15 is 0 Å². The van der Waals surface area contributed by atoms with Crippen LogP contribution in [-0.2, 0) is 19.6 Å². The molecule has 1 aromatic carbocycles. The van der Waals surface area contributed by atoms with Gasteiger partial charge in [0.05, 0.1) is 25.0 Å². The highest BCUT2D eigenvalue weighted by Gasteiger charge is 2.40. The average Bonchev–Trinajstić information content (AvgIpc) is 3.06. The molecular weight excluding hydrogens is 399 g/mol. The van der Waals surface area contributed by atoms with E-state index in [4.69, 9.17) is 9.47 Å². The number of nitrogens with zero attached hydrogens (tertiary/aromatic N) is 1. The Kier molecular flexibility index (Phi) is 5.81. The second-order valence-electron chi connectivity index (χ2n) is 8.19. The molecule has 1 amide bonds. The number of carbonyl (C=O) groups excluding carboxylic acids is 1. The van der Waals surface area contributed by atoms with Crippen molar-refractivity contribution in [3.63, 3.8) is 0 Å². The highest BCUT2D eigenvalue weighted by atomic mass is 32.2. The van der Waals surface area contributed by atoms with Gasteiger partial charge in [0.2, 0.25) is 10.0 Å². The van der Waals surface area contributed by atoms with Gasteiger partial charge >= 0.3 is 0 Å². The summed E-state index contributed by atoms with van der Waals surface area (Å²) in [6.45, 7) is 0.391. The summed E-state index contributed by atoms with van der Waals surface area (Å²) in [6, 6.07) is 4.09. The van der Waals surface area contributed by atoms with Gasteiger partial charge in [-0.05, 0) is 44.1 Å². The minimum absolute atomic E-state index is 0.0568. The molecule has 2 atom stereocenters. The molecule has 5 rings (SSSR count). The van der Waals surface area contributed by atoms with Gasteiger partial charge in [-0.2, -0.15) is 0 Å². The zero-order valence-corrected chi connectivity index (χ0v) is 17.3. The first-order valence-corrected chi connectivity index (χ1v) is 12.0. The monoisotopic (exact) mass is 426 g/mol. The van der Waals surface area contributed by atoms with Crippen LogP contribution in [0.3, 0.4) is 0 Å². The van der Waals surface area contributed by atoms with E-state index in [1.165, 1.54) is 6.07 Å². The van der Waals surface area contributed by atoms with E-state index in [0.29, 0.717) is 13.0 Å². The van der Waals surface area contributed by atoms with Gasteiger partial charge in [-0.3, -0.25) is 4.79 Å². The maximum Gasteiger partial charge on any atom is 0.260 e. The number of sulfonamides is 1. The van der Waals surface area contributed by atoms with Gasteiger partial charge in [0.25, 0.3) is 5.91 Å². The second-order valence-corrected chi connectivity index (χ2v) is 9.97. The Hall–Kier alpha value is -1.71. The molecule has 0 aromatic heterocycles. The van der Waals surface area contributed by atoms with Crippen LogP contribution >= 0.6 is 0 Å². The Morgan fingerprint density at radius 2 is 1.93 bits per heavy atom. The number of hydrogen-bond donors (Lipinski definition) is 1. The van der Waals surface area contributed by atoms with E-state index in [-0.39, 0.29) is 36.9 Å². The third-order valence-electron chi connectivity index (χ3n) is 6.19. The number of carbonyl (C=O) groups is 1. The van der Waals surface area contributed by atoms with Crippen LogP contribution in [0.15, 0.2) is 18.2 Å². The van der Waals surface area contributed by atoms with Crippen molar-refractivity contribution in [2.75, 3.05) is 26.0 Å². The number of rotatable bonds is 2. The Morgan fingerprint density at radius 3 is 2.66 bits per heavy atom. The van der Waals surface area contributed by atoms with Crippen molar-refractivity contribution in [2.24, 2.45) is 0 Å². The molecule has 1 saturated carbocycles.